The van der Waals surface area contributed by atoms with E-state index in [2.05, 4.69) is 27.7 Å². The van der Waals surface area contributed by atoms with E-state index in [0.717, 1.165) is 0 Å². The van der Waals surface area contributed by atoms with Gasteiger partial charge in [-0.1, -0.05) is 27.7 Å². The van der Waals surface area contributed by atoms with Crippen LogP contribution in [-0.2, 0) is 0 Å². The summed E-state index contributed by atoms with van der Waals surface area (Å²) in [6.45, 7) is 8.62. The molecule has 10 heavy (non-hydrogen) atoms. The predicted octanol–water partition coefficient (Wildman–Crippen LogP) is 2.05. The van der Waals surface area contributed by atoms with E-state index in [9.17, 15) is 5.11 Å². The van der Waals surface area contributed by atoms with Crippen molar-refractivity contribution >= 4 is 0 Å². The summed E-state index contributed by atoms with van der Waals surface area (Å²) in [5.74, 6) is 0.985. The summed E-state index contributed by atoms with van der Waals surface area (Å²) in [7, 11) is 0. The second kappa shape index (κ2) is 2.23. The lowest BCUT2D eigenvalue weighted by atomic mass is 9.98. The van der Waals surface area contributed by atoms with Crippen LogP contribution in [0.2, 0.25) is 0 Å². The first-order valence-corrected chi connectivity index (χ1v) is 4.13. The first-order chi connectivity index (χ1) is 4.45. The third-order valence-electron chi connectivity index (χ3n) is 2.68. The largest absolute Gasteiger partial charge is 0.393 e. The maximum Gasteiger partial charge on any atom is 0.0596 e. The fourth-order valence-electron chi connectivity index (χ4n) is 1.56. The van der Waals surface area contributed by atoms with Crippen molar-refractivity contribution in [3.63, 3.8) is 0 Å². The predicted molar refractivity (Wildman–Crippen MR) is 42.7 cm³/mol. The highest BCUT2D eigenvalue weighted by atomic mass is 16.3. The first kappa shape index (κ1) is 8.06. The summed E-state index contributed by atoms with van der Waals surface area (Å²) in [6, 6.07) is 0. The molecule has 1 fully saturated rings. The topological polar surface area (TPSA) is 20.2 Å². The van der Waals surface area contributed by atoms with Crippen molar-refractivity contribution in [3.8, 4) is 0 Å². The molecule has 1 heteroatoms. The molecule has 0 saturated heterocycles. The van der Waals surface area contributed by atoms with Gasteiger partial charge in [0.2, 0.25) is 0 Å². The summed E-state index contributed by atoms with van der Waals surface area (Å²) in [6.07, 6.45) is 1.13. The van der Waals surface area contributed by atoms with E-state index in [0.29, 0.717) is 17.3 Å². The van der Waals surface area contributed by atoms with Gasteiger partial charge >= 0.3 is 0 Å². The van der Waals surface area contributed by atoms with Crippen LogP contribution in [0.4, 0.5) is 0 Å². The SMILES string of the molecule is CC(C)C(O)C1CC1(C)C. The van der Waals surface area contributed by atoms with Crippen molar-refractivity contribution in [2.75, 3.05) is 0 Å². The monoisotopic (exact) mass is 142 g/mol. The van der Waals surface area contributed by atoms with E-state index >= 15 is 0 Å². The van der Waals surface area contributed by atoms with Gasteiger partial charge in [-0.3, -0.25) is 0 Å². The average molecular weight is 142 g/mol. The molecular formula is C9H18O. The summed E-state index contributed by atoms with van der Waals surface area (Å²) < 4.78 is 0. The third kappa shape index (κ3) is 1.34. The first-order valence-electron chi connectivity index (χ1n) is 4.13. The van der Waals surface area contributed by atoms with Crippen molar-refractivity contribution in [1.82, 2.24) is 0 Å². The molecule has 1 aliphatic carbocycles. The number of hydrogen-bond acceptors (Lipinski definition) is 1. The van der Waals surface area contributed by atoms with Gasteiger partial charge in [0.1, 0.15) is 0 Å². The van der Waals surface area contributed by atoms with Crippen LogP contribution in [-0.4, -0.2) is 11.2 Å². The van der Waals surface area contributed by atoms with E-state index < -0.39 is 0 Å². The molecule has 0 spiro atoms. The van der Waals surface area contributed by atoms with Crippen molar-refractivity contribution in [3.05, 3.63) is 0 Å². The number of rotatable bonds is 2. The van der Waals surface area contributed by atoms with Crippen LogP contribution in [0.1, 0.15) is 34.1 Å². The molecule has 0 heterocycles. The van der Waals surface area contributed by atoms with Gasteiger partial charge in [0.05, 0.1) is 6.10 Å². The van der Waals surface area contributed by atoms with Crippen molar-refractivity contribution in [2.24, 2.45) is 17.3 Å². The minimum absolute atomic E-state index is 0.0741. The Hall–Kier alpha value is -0.0400. The van der Waals surface area contributed by atoms with Crippen molar-refractivity contribution < 1.29 is 5.11 Å². The zero-order chi connectivity index (χ0) is 7.94. The molecule has 0 aromatic carbocycles. The van der Waals surface area contributed by atoms with Crippen LogP contribution in [0.3, 0.4) is 0 Å². The van der Waals surface area contributed by atoms with Crippen LogP contribution in [0.15, 0.2) is 0 Å². The number of aliphatic hydroxyl groups excluding tert-OH is 1. The minimum atomic E-state index is -0.0741. The fourth-order valence-corrected chi connectivity index (χ4v) is 1.56. The summed E-state index contributed by atoms with van der Waals surface area (Å²) in [5, 5.41) is 9.60. The number of hydrogen-bond donors (Lipinski definition) is 1. The van der Waals surface area contributed by atoms with Crippen molar-refractivity contribution in [2.45, 2.75) is 40.2 Å². The second-order valence-electron chi connectivity index (χ2n) is 4.53. The zero-order valence-electron chi connectivity index (χ0n) is 7.39. The highest BCUT2D eigenvalue weighted by Crippen LogP contribution is 2.54. The molecule has 0 radical (unpaired) electrons. The molecule has 1 rings (SSSR count). The number of aliphatic hydroxyl groups is 1. The molecule has 2 unspecified atom stereocenters. The van der Waals surface area contributed by atoms with E-state index in [-0.39, 0.29) is 6.10 Å². The highest BCUT2D eigenvalue weighted by molar-refractivity contribution is 4.99. The average Bonchev–Trinajstić information content (AvgIpc) is 2.38. The van der Waals surface area contributed by atoms with Gasteiger partial charge in [0.25, 0.3) is 0 Å². The molecule has 0 amide bonds. The van der Waals surface area contributed by atoms with Crippen LogP contribution < -0.4 is 0 Å². The molecule has 0 aliphatic heterocycles. The van der Waals surface area contributed by atoms with E-state index in [1.807, 2.05) is 0 Å². The Bertz CT molecular complexity index is 127. The van der Waals surface area contributed by atoms with Gasteiger partial charge in [-0.15, -0.1) is 0 Å². The molecule has 0 aromatic heterocycles. The van der Waals surface area contributed by atoms with Gasteiger partial charge in [0, 0.05) is 0 Å². The van der Waals surface area contributed by atoms with E-state index in [1.165, 1.54) is 6.42 Å². The lowest BCUT2D eigenvalue weighted by molar-refractivity contribution is 0.0907. The Morgan fingerprint density at radius 3 is 1.90 bits per heavy atom. The van der Waals surface area contributed by atoms with Gasteiger partial charge in [-0.05, 0) is 23.7 Å². The Kier molecular flexibility index (Phi) is 1.80. The summed E-state index contributed by atoms with van der Waals surface area (Å²) >= 11 is 0. The Morgan fingerprint density at radius 1 is 1.40 bits per heavy atom. The lowest BCUT2D eigenvalue weighted by Gasteiger charge is -2.15. The molecule has 1 N–H and O–H groups in total. The maximum atomic E-state index is 9.60. The third-order valence-corrected chi connectivity index (χ3v) is 2.68. The quantitative estimate of drug-likeness (QED) is 0.625. The van der Waals surface area contributed by atoms with E-state index in [4.69, 9.17) is 0 Å². The molecule has 1 aliphatic rings. The van der Waals surface area contributed by atoms with Crippen LogP contribution >= 0.6 is 0 Å². The van der Waals surface area contributed by atoms with Crippen LogP contribution in [0, 0.1) is 17.3 Å². The molecule has 0 aromatic rings. The van der Waals surface area contributed by atoms with Gasteiger partial charge in [-0.25, -0.2) is 0 Å². The molecule has 1 nitrogen and oxygen atoms in total. The maximum absolute atomic E-state index is 9.60. The van der Waals surface area contributed by atoms with Gasteiger partial charge in [-0.2, -0.15) is 0 Å². The van der Waals surface area contributed by atoms with Crippen LogP contribution in [0.25, 0.3) is 0 Å². The standard InChI is InChI=1S/C9H18O/c1-6(2)8(10)7-5-9(7,3)4/h6-8,10H,5H2,1-4H3. The molecule has 0 bridgehead atoms. The Labute approximate surface area is 63.4 Å². The van der Waals surface area contributed by atoms with Crippen LogP contribution in [0.5, 0.6) is 0 Å². The second-order valence-corrected chi connectivity index (χ2v) is 4.53. The summed E-state index contributed by atoms with van der Waals surface area (Å²) in [5.41, 5.74) is 0.420. The Morgan fingerprint density at radius 2 is 1.80 bits per heavy atom. The smallest absolute Gasteiger partial charge is 0.0596 e. The van der Waals surface area contributed by atoms with E-state index in [1.54, 1.807) is 0 Å². The van der Waals surface area contributed by atoms with Gasteiger partial charge < -0.3 is 5.11 Å². The van der Waals surface area contributed by atoms with Gasteiger partial charge in [0.15, 0.2) is 0 Å². The fraction of sp³-hybridized carbons (Fsp3) is 1.00. The Balaban J connectivity index is 2.40. The zero-order valence-corrected chi connectivity index (χ0v) is 7.39. The molecule has 1 saturated carbocycles. The highest BCUT2D eigenvalue weighted by Gasteiger charge is 2.50. The summed E-state index contributed by atoms with van der Waals surface area (Å²) in [4.78, 5) is 0. The molecule has 60 valence electrons. The lowest BCUT2D eigenvalue weighted by Crippen LogP contribution is -2.19. The minimum Gasteiger partial charge on any atom is -0.393 e. The normalized spacial score (nSPS) is 32.4. The molecule has 2 atom stereocenters. The van der Waals surface area contributed by atoms with Crippen molar-refractivity contribution in [1.29, 1.82) is 0 Å². The molecular weight excluding hydrogens is 124 g/mol.